The van der Waals surface area contributed by atoms with Crippen LogP contribution in [0.1, 0.15) is 64.7 Å². The lowest BCUT2D eigenvalue weighted by molar-refractivity contribution is -0.137. The zero-order valence-electron chi connectivity index (χ0n) is 17.1. The van der Waals surface area contributed by atoms with Gasteiger partial charge >= 0.3 is 5.97 Å². The topological polar surface area (TPSA) is 107 Å². The molecule has 1 aliphatic rings. The average Bonchev–Trinajstić information content (AvgIpc) is 2.91. The lowest BCUT2D eigenvalue weighted by Crippen LogP contribution is -2.21. The minimum atomic E-state index is -0.795. The van der Waals surface area contributed by atoms with E-state index in [1.807, 2.05) is 12.2 Å². The smallest absolute Gasteiger partial charge is 0.303 e. The average molecular weight is 399 g/mol. The monoisotopic (exact) mass is 398 g/mol. The van der Waals surface area contributed by atoms with Crippen molar-refractivity contribution in [2.24, 2.45) is 11.8 Å². The molecule has 1 fully saturated rings. The second-order valence-electron chi connectivity index (χ2n) is 7.69. The van der Waals surface area contributed by atoms with Crippen molar-refractivity contribution < 1.29 is 30.0 Å². The van der Waals surface area contributed by atoms with Crippen LogP contribution in [0.5, 0.6) is 0 Å². The molecular formula is C22H38O6. The van der Waals surface area contributed by atoms with E-state index < -0.39 is 24.3 Å². The molecule has 4 N–H and O–H groups in total. The molecule has 6 heteroatoms. The molecule has 0 saturated heterocycles. The molecule has 0 aliphatic heterocycles. The van der Waals surface area contributed by atoms with E-state index >= 15 is 0 Å². The Morgan fingerprint density at radius 3 is 2.64 bits per heavy atom. The van der Waals surface area contributed by atoms with Gasteiger partial charge in [0.2, 0.25) is 0 Å². The summed E-state index contributed by atoms with van der Waals surface area (Å²) in [6.07, 6.45) is 12.3. The summed E-state index contributed by atoms with van der Waals surface area (Å²) in [6, 6.07) is 0. The number of aliphatic carboxylic acids is 1. The van der Waals surface area contributed by atoms with Crippen molar-refractivity contribution in [2.75, 3.05) is 13.2 Å². The first-order valence-corrected chi connectivity index (χ1v) is 10.6. The SMILES string of the molecule is CCCCCCOC[C@H](O)/C=C/[C@@H]1[C@@H](C/C=C\CCCC(=O)O)[C@@H](O)C[C@H]1O. The second-order valence-corrected chi connectivity index (χ2v) is 7.69. The first-order chi connectivity index (χ1) is 13.5. The second kappa shape index (κ2) is 14.7. The van der Waals surface area contributed by atoms with Gasteiger partial charge in [-0.25, -0.2) is 0 Å². The van der Waals surface area contributed by atoms with Crippen LogP contribution in [-0.4, -0.2) is 57.9 Å². The molecule has 0 amide bonds. The molecule has 6 nitrogen and oxygen atoms in total. The number of hydrogen-bond acceptors (Lipinski definition) is 5. The Kier molecular flexibility index (Phi) is 13.1. The third-order valence-electron chi connectivity index (χ3n) is 5.24. The molecule has 0 aromatic rings. The standard InChI is InChI=1S/C22H38O6/c1-2-3-4-9-14-28-16-17(23)12-13-19-18(20(24)15-21(19)25)10-7-5-6-8-11-22(26)27/h5,7,12-13,17-21,23-25H,2-4,6,8-11,14-16H2,1H3,(H,26,27)/b7-5-,13-12+/t17-,18-,19-,20+,21-/m1/s1. The highest BCUT2D eigenvalue weighted by Crippen LogP contribution is 2.36. The molecule has 1 rings (SSSR count). The lowest BCUT2D eigenvalue weighted by atomic mass is 9.89. The maximum atomic E-state index is 10.5. The van der Waals surface area contributed by atoms with E-state index in [-0.39, 0.29) is 24.9 Å². The van der Waals surface area contributed by atoms with Crippen molar-refractivity contribution in [3.63, 3.8) is 0 Å². The molecule has 0 unspecified atom stereocenters. The van der Waals surface area contributed by atoms with Gasteiger partial charge in [-0.15, -0.1) is 0 Å². The highest BCUT2D eigenvalue weighted by molar-refractivity contribution is 5.66. The van der Waals surface area contributed by atoms with Gasteiger partial charge in [0.25, 0.3) is 0 Å². The molecular weight excluding hydrogens is 360 g/mol. The molecule has 1 saturated carbocycles. The van der Waals surface area contributed by atoms with Gasteiger partial charge in [-0.2, -0.15) is 0 Å². The Bertz CT molecular complexity index is 476. The fourth-order valence-electron chi connectivity index (χ4n) is 3.60. The first kappa shape index (κ1) is 24.8. The van der Waals surface area contributed by atoms with Crippen molar-refractivity contribution in [1.29, 1.82) is 0 Å². The van der Waals surface area contributed by atoms with Crippen LogP contribution < -0.4 is 0 Å². The number of rotatable bonds is 15. The highest BCUT2D eigenvalue weighted by Gasteiger charge is 2.39. The number of carboxylic acid groups (broad SMARTS) is 1. The van der Waals surface area contributed by atoms with E-state index in [9.17, 15) is 20.1 Å². The quantitative estimate of drug-likeness (QED) is 0.249. The number of aliphatic hydroxyl groups is 3. The van der Waals surface area contributed by atoms with Crippen molar-refractivity contribution in [2.45, 2.75) is 83.0 Å². The van der Waals surface area contributed by atoms with E-state index in [0.29, 0.717) is 32.3 Å². The van der Waals surface area contributed by atoms with Crippen LogP contribution in [0.3, 0.4) is 0 Å². The summed E-state index contributed by atoms with van der Waals surface area (Å²) < 4.78 is 5.49. The fourth-order valence-corrected chi connectivity index (χ4v) is 3.60. The fraction of sp³-hybridized carbons (Fsp3) is 0.773. The predicted octanol–water partition coefficient (Wildman–Crippen LogP) is 3.06. The molecule has 0 spiro atoms. The molecule has 5 atom stereocenters. The Morgan fingerprint density at radius 1 is 1.14 bits per heavy atom. The predicted molar refractivity (Wildman–Crippen MR) is 109 cm³/mol. The number of hydrogen-bond donors (Lipinski definition) is 4. The van der Waals surface area contributed by atoms with Crippen LogP contribution in [0.4, 0.5) is 0 Å². The third-order valence-corrected chi connectivity index (χ3v) is 5.24. The molecule has 0 radical (unpaired) electrons. The summed E-state index contributed by atoms with van der Waals surface area (Å²) >= 11 is 0. The van der Waals surface area contributed by atoms with Gasteiger partial charge < -0.3 is 25.2 Å². The number of unbranched alkanes of at least 4 members (excludes halogenated alkanes) is 4. The molecule has 0 bridgehead atoms. The highest BCUT2D eigenvalue weighted by atomic mass is 16.5. The maximum Gasteiger partial charge on any atom is 0.303 e. The normalized spacial score (nSPS) is 26.4. The van der Waals surface area contributed by atoms with Gasteiger partial charge in [0.15, 0.2) is 0 Å². The van der Waals surface area contributed by atoms with Gasteiger partial charge in [0.05, 0.1) is 24.9 Å². The van der Waals surface area contributed by atoms with E-state index in [4.69, 9.17) is 9.84 Å². The molecule has 0 heterocycles. The summed E-state index contributed by atoms with van der Waals surface area (Å²) in [7, 11) is 0. The van der Waals surface area contributed by atoms with Crippen LogP contribution in [0.2, 0.25) is 0 Å². The summed E-state index contributed by atoms with van der Waals surface area (Å²) in [5.41, 5.74) is 0. The van der Waals surface area contributed by atoms with E-state index in [1.54, 1.807) is 12.2 Å². The number of carboxylic acids is 1. The summed E-state index contributed by atoms with van der Waals surface area (Å²) in [4.78, 5) is 10.5. The Morgan fingerprint density at radius 2 is 1.93 bits per heavy atom. The van der Waals surface area contributed by atoms with Crippen LogP contribution in [-0.2, 0) is 9.53 Å². The van der Waals surface area contributed by atoms with Crippen LogP contribution in [0.25, 0.3) is 0 Å². The van der Waals surface area contributed by atoms with Crippen LogP contribution in [0.15, 0.2) is 24.3 Å². The van der Waals surface area contributed by atoms with Gasteiger partial charge in [-0.3, -0.25) is 4.79 Å². The number of allylic oxidation sites excluding steroid dienone is 2. The third kappa shape index (κ3) is 10.4. The van der Waals surface area contributed by atoms with E-state index in [2.05, 4.69) is 6.92 Å². The zero-order valence-corrected chi connectivity index (χ0v) is 17.1. The van der Waals surface area contributed by atoms with Crippen LogP contribution >= 0.6 is 0 Å². The first-order valence-electron chi connectivity index (χ1n) is 10.6. The van der Waals surface area contributed by atoms with Crippen molar-refractivity contribution in [3.05, 3.63) is 24.3 Å². The Labute approximate surface area is 168 Å². The minimum Gasteiger partial charge on any atom is -0.481 e. The van der Waals surface area contributed by atoms with Gasteiger partial charge in [0.1, 0.15) is 0 Å². The zero-order chi connectivity index (χ0) is 20.8. The summed E-state index contributed by atoms with van der Waals surface area (Å²) in [5.74, 6) is -1.11. The van der Waals surface area contributed by atoms with Crippen LogP contribution in [0, 0.1) is 11.8 Å². The van der Waals surface area contributed by atoms with Gasteiger partial charge in [-0.05, 0) is 31.6 Å². The Hall–Kier alpha value is -1.21. The summed E-state index contributed by atoms with van der Waals surface area (Å²) in [6.45, 7) is 3.04. The Balaban J connectivity index is 2.37. The van der Waals surface area contributed by atoms with Crippen molar-refractivity contribution in [3.8, 4) is 0 Å². The number of aliphatic hydroxyl groups excluding tert-OH is 3. The molecule has 0 aromatic carbocycles. The van der Waals surface area contributed by atoms with Gasteiger partial charge in [-0.1, -0.05) is 50.5 Å². The molecule has 1 aliphatic carbocycles. The number of carbonyl (C=O) groups is 1. The molecule has 0 aromatic heterocycles. The molecule has 162 valence electrons. The van der Waals surface area contributed by atoms with Crippen molar-refractivity contribution in [1.82, 2.24) is 0 Å². The van der Waals surface area contributed by atoms with E-state index in [1.165, 1.54) is 12.8 Å². The molecule has 28 heavy (non-hydrogen) atoms. The van der Waals surface area contributed by atoms with E-state index in [0.717, 1.165) is 12.8 Å². The number of ether oxygens (including phenoxy) is 1. The van der Waals surface area contributed by atoms with Crippen molar-refractivity contribution >= 4 is 5.97 Å². The largest absolute Gasteiger partial charge is 0.481 e. The summed E-state index contributed by atoms with van der Waals surface area (Å²) in [5, 5.41) is 39.1. The maximum absolute atomic E-state index is 10.5. The lowest BCUT2D eigenvalue weighted by Gasteiger charge is -2.19. The minimum absolute atomic E-state index is 0.107. The van der Waals surface area contributed by atoms with Gasteiger partial charge in [0, 0.05) is 25.4 Å².